The van der Waals surface area contributed by atoms with Crippen LogP contribution in [0.25, 0.3) is 0 Å². The molecule has 0 aromatic heterocycles. The quantitative estimate of drug-likeness (QED) is 0.837. The smallest absolute Gasteiger partial charge is 0.236 e. The molecule has 1 rings (SSSR count). The Labute approximate surface area is 97.3 Å². The Hall–Kier alpha value is -1.07. The molecular weight excluding hydrogens is 224 g/mol. The molecular formula is C11H18N2O2S. The van der Waals surface area contributed by atoms with Crippen LogP contribution < -0.4 is 9.62 Å². The Morgan fingerprint density at radius 2 is 1.94 bits per heavy atom. The zero-order valence-corrected chi connectivity index (χ0v) is 10.7. The van der Waals surface area contributed by atoms with Crippen molar-refractivity contribution in [3.63, 3.8) is 0 Å². The fraction of sp³-hybridized carbons (Fsp3) is 0.455. The van der Waals surface area contributed by atoms with Gasteiger partial charge in [0.15, 0.2) is 0 Å². The lowest BCUT2D eigenvalue weighted by Gasteiger charge is -2.21. The Kier molecular flexibility index (Phi) is 4.32. The lowest BCUT2D eigenvalue weighted by atomic mass is 10.2. The van der Waals surface area contributed by atoms with Crippen LogP contribution in [0.3, 0.4) is 0 Å². The van der Waals surface area contributed by atoms with Gasteiger partial charge in [-0.3, -0.25) is 4.31 Å². The minimum Gasteiger partial charge on any atom is -0.319 e. The van der Waals surface area contributed by atoms with Crippen LogP contribution in [0.1, 0.15) is 5.56 Å². The van der Waals surface area contributed by atoms with E-state index in [4.69, 9.17) is 0 Å². The Morgan fingerprint density at radius 3 is 2.50 bits per heavy atom. The molecule has 0 bridgehead atoms. The summed E-state index contributed by atoms with van der Waals surface area (Å²) in [5.74, 6) is 0.105. The van der Waals surface area contributed by atoms with Crippen LogP contribution in [-0.2, 0) is 10.0 Å². The maximum atomic E-state index is 11.9. The summed E-state index contributed by atoms with van der Waals surface area (Å²) in [6, 6.07) is 7.45. The summed E-state index contributed by atoms with van der Waals surface area (Å²) in [6.45, 7) is 2.36. The number of hydrogen-bond acceptors (Lipinski definition) is 3. The van der Waals surface area contributed by atoms with Crippen LogP contribution in [0.4, 0.5) is 5.69 Å². The molecule has 90 valence electrons. The van der Waals surface area contributed by atoms with Crippen LogP contribution in [0, 0.1) is 6.92 Å². The van der Waals surface area contributed by atoms with E-state index in [-0.39, 0.29) is 5.75 Å². The van der Waals surface area contributed by atoms with Gasteiger partial charge >= 0.3 is 0 Å². The maximum Gasteiger partial charge on any atom is 0.236 e. The standard InChI is InChI=1S/C11H18N2O2S/c1-10-6-4-5-7-11(10)13(3)16(14,15)9-8-12-2/h4-7,12H,8-9H2,1-3H3. The zero-order valence-electron chi connectivity index (χ0n) is 9.90. The Bertz CT molecular complexity index is 443. The molecule has 16 heavy (non-hydrogen) atoms. The molecule has 0 amide bonds. The molecule has 0 saturated carbocycles. The highest BCUT2D eigenvalue weighted by atomic mass is 32.2. The Balaban J connectivity index is 2.94. The van der Waals surface area contributed by atoms with Crippen LogP contribution in [0.2, 0.25) is 0 Å². The van der Waals surface area contributed by atoms with Crippen LogP contribution in [-0.4, -0.2) is 34.8 Å². The van der Waals surface area contributed by atoms with E-state index in [0.29, 0.717) is 6.54 Å². The maximum absolute atomic E-state index is 11.9. The first-order chi connectivity index (χ1) is 7.49. The number of nitrogens with zero attached hydrogens (tertiary/aromatic N) is 1. The molecule has 0 aliphatic heterocycles. The number of rotatable bonds is 5. The minimum atomic E-state index is -3.23. The first kappa shape index (κ1) is 13.0. The summed E-state index contributed by atoms with van der Waals surface area (Å²) in [7, 11) is 0.103. The van der Waals surface area contributed by atoms with Crippen molar-refractivity contribution >= 4 is 15.7 Å². The third kappa shape index (κ3) is 2.96. The summed E-state index contributed by atoms with van der Waals surface area (Å²) in [5.41, 5.74) is 1.69. The number of hydrogen-bond donors (Lipinski definition) is 1. The van der Waals surface area contributed by atoms with Crippen LogP contribution >= 0.6 is 0 Å². The van der Waals surface area contributed by atoms with Gasteiger partial charge in [-0.05, 0) is 25.6 Å². The van der Waals surface area contributed by atoms with Crippen molar-refractivity contribution in [2.24, 2.45) is 0 Å². The third-order valence-electron chi connectivity index (χ3n) is 2.48. The van der Waals surface area contributed by atoms with Crippen molar-refractivity contribution in [3.8, 4) is 0 Å². The third-order valence-corrected chi connectivity index (χ3v) is 4.23. The summed E-state index contributed by atoms with van der Waals surface area (Å²) >= 11 is 0. The molecule has 0 atom stereocenters. The first-order valence-corrected chi connectivity index (χ1v) is 6.77. The van der Waals surface area contributed by atoms with E-state index in [1.807, 2.05) is 31.2 Å². The molecule has 0 unspecified atom stereocenters. The number of aryl methyl sites for hydroxylation is 1. The molecule has 1 aromatic carbocycles. The largest absolute Gasteiger partial charge is 0.319 e. The second-order valence-corrected chi connectivity index (χ2v) is 5.79. The summed E-state index contributed by atoms with van der Waals surface area (Å²) in [5, 5.41) is 2.84. The fourth-order valence-electron chi connectivity index (χ4n) is 1.43. The Morgan fingerprint density at radius 1 is 1.31 bits per heavy atom. The number of anilines is 1. The fourth-order valence-corrected chi connectivity index (χ4v) is 2.68. The zero-order chi connectivity index (χ0) is 12.2. The van der Waals surface area contributed by atoms with Gasteiger partial charge in [0, 0.05) is 13.6 Å². The van der Waals surface area contributed by atoms with E-state index >= 15 is 0 Å². The van der Waals surface area contributed by atoms with E-state index in [2.05, 4.69) is 5.32 Å². The average Bonchev–Trinajstić information content (AvgIpc) is 2.26. The summed E-state index contributed by atoms with van der Waals surface area (Å²) in [6.07, 6.45) is 0. The van der Waals surface area contributed by atoms with E-state index in [0.717, 1.165) is 11.3 Å². The molecule has 4 nitrogen and oxygen atoms in total. The van der Waals surface area contributed by atoms with Gasteiger partial charge in [0.2, 0.25) is 10.0 Å². The second kappa shape index (κ2) is 5.32. The van der Waals surface area contributed by atoms with Gasteiger partial charge in [0.05, 0.1) is 11.4 Å². The molecule has 0 aliphatic carbocycles. The van der Waals surface area contributed by atoms with Gasteiger partial charge in [-0.1, -0.05) is 18.2 Å². The van der Waals surface area contributed by atoms with Crippen molar-refractivity contribution in [1.29, 1.82) is 0 Å². The van der Waals surface area contributed by atoms with Crippen LogP contribution in [0.15, 0.2) is 24.3 Å². The second-order valence-electron chi connectivity index (χ2n) is 3.67. The highest BCUT2D eigenvalue weighted by molar-refractivity contribution is 7.92. The molecule has 0 radical (unpaired) electrons. The van der Waals surface area contributed by atoms with Gasteiger partial charge in [0.25, 0.3) is 0 Å². The molecule has 0 heterocycles. The van der Waals surface area contributed by atoms with Crippen molar-refractivity contribution in [3.05, 3.63) is 29.8 Å². The number of nitrogens with one attached hydrogen (secondary N) is 1. The number of para-hydroxylation sites is 1. The highest BCUT2D eigenvalue weighted by Crippen LogP contribution is 2.20. The average molecular weight is 242 g/mol. The van der Waals surface area contributed by atoms with Crippen molar-refractivity contribution < 1.29 is 8.42 Å². The van der Waals surface area contributed by atoms with Gasteiger partial charge in [-0.25, -0.2) is 8.42 Å². The summed E-state index contributed by atoms with van der Waals surface area (Å²) < 4.78 is 25.2. The minimum absolute atomic E-state index is 0.105. The van der Waals surface area contributed by atoms with Crippen molar-refractivity contribution in [2.45, 2.75) is 6.92 Å². The normalized spacial score (nSPS) is 11.4. The predicted octanol–water partition coefficient (Wildman–Crippen LogP) is 0.980. The van der Waals surface area contributed by atoms with E-state index in [9.17, 15) is 8.42 Å². The van der Waals surface area contributed by atoms with Crippen LogP contribution in [0.5, 0.6) is 0 Å². The molecule has 1 N–H and O–H groups in total. The van der Waals surface area contributed by atoms with Gasteiger partial charge in [-0.2, -0.15) is 0 Å². The molecule has 0 aliphatic rings. The SMILES string of the molecule is CNCCS(=O)(=O)N(C)c1ccccc1C. The van der Waals surface area contributed by atoms with E-state index in [1.54, 1.807) is 14.1 Å². The van der Waals surface area contributed by atoms with E-state index in [1.165, 1.54) is 4.31 Å². The summed E-state index contributed by atoms with van der Waals surface area (Å²) in [4.78, 5) is 0. The lowest BCUT2D eigenvalue weighted by molar-refractivity contribution is 0.592. The van der Waals surface area contributed by atoms with Gasteiger partial charge < -0.3 is 5.32 Å². The molecule has 1 aromatic rings. The van der Waals surface area contributed by atoms with Gasteiger partial charge in [-0.15, -0.1) is 0 Å². The van der Waals surface area contributed by atoms with Crippen molar-refractivity contribution in [1.82, 2.24) is 5.32 Å². The number of sulfonamides is 1. The number of benzene rings is 1. The lowest BCUT2D eigenvalue weighted by Crippen LogP contribution is -2.33. The molecule has 5 heteroatoms. The molecule has 0 saturated heterocycles. The first-order valence-electron chi connectivity index (χ1n) is 5.16. The van der Waals surface area contributed by atoms with Gasteiger partial charge in [0.1, 0.15) is 0 Å². The molecule has 0 fully saturated rings. The van der Waals surface area contributed by atoms with Crippen molar-refractivity contribution in [2.75, 3.05) is 30.7 Å². The monoisotopic (exact) mass is 242 g/mol. The predicted molar refractivity (Wildman–Crippen MR) is 67.3 cm³/mol. The highest BCUT2D eigenvalue weighted by Gasteiger charge is 2.18. The van der Waals surface area contributed by atoms with E-state index < -0.39 is 10.0 Å². The molecule has 0 spiro atoms. The topological polar surface area (TPSA) is 49.4 Å².